The lowest BCUT2D eigenvalue weighted by molar-refractivity contribution is 0.102. The summed E-state index contributed by atoms with van der Waals surface area (Å²) in [7, 11) is 0. The van der Waals surface area contributed by atoms with E-state index in [1.54, 1.807) is 18.2 Å². The van der Waals surface area contributed by atoms with Crippen molar-refractivity contribution in [1.82, 2.24) is 9.55 Å². The standard InChI is InChI=1S/C20H19BrClN3O/c1-13(2)19-23-8-9-25(19)12-14-4-3-5-16(10-14)24-20(26)17-11-15(22)6-7-18(17)21/h3-11,13H,12H2,1-2H3,(H,24,26). The zero-order valence-corrected chi connectivity index (χ0v) is 16.9. The van der Waals surface area contributed by atoms with E-state index < -0.39 is 0 Å². The van der Waals surface area contributed by atoms with Gasteiger partial charge in [-0.1, -0.05) is 37.6 Å². The van der Waals surface area contributed by atoms with Crippen LogP contribution in [-0.2, 0) is 6.54 Å². The molecule has 0 aliphatic rings. The summed E-state index contributed by atoms with van der Waals surface area (Å²) in [5, 5.41) is 3.45. The molecule has 0 atom stereocenters. The minimum atomic E-state index is -0.206. The van der Waals surface area contributed by atoms with Crippen LogP contribution in [0.25, 0.3) is 0 Å². The minimum Gasteiger partial charge on any atom is -0.330 e. The number of nitrogens with zero attached hydrogens (tertiary/aromatic N) is 2. The van der Waals surface area contributed by atoms with Gasteiger partial charge in [0.1, 0.15) is 5.82 Å². The van der Waals surface area contributed by atoms with Gasteiger partial charge in [0.05, 0.1) is 5.56 Å². The topological polar surface area (TPSA) is 46.9 Å². The molecule has 0 aliphatic carbocycles. The molecule has 0 aliphatic heterocycles. The summed E-state index contributed by atoms with van der Waals surface area (Å²) in [5.74, 6) is 1.19. The van der Waals surface area contributed by atoms with Gasteiger partial charge in [0.25, 0.3) is 5.91 Å². The van der Waals surface area contributed by atoms with Gasteiger partial charge in [0.15, 0.2) is 0 Å². The number of nitrogens with one attached hydrogen (secondary N) is 1. The van der Waals surface area contributed by atoms with E-state index in [1.807, 2.05) is 36.7 Å². The first-order chi connectivity index (χ1) is 12.4. The fourth-order valence-corrected chi connectivity index (χ4v) is 3.37. The van der Waals surface area contributed by atoms with Crippen LogP contribution in [0.4, 0.5) is 5.69 Å². The third kappa shape index (κ3) is 4.34. The number of halogens is 2. The lowest BCUT2D eigenvalue weighted by Crippen LogP contribution is -2.13. The summed E-state index contributed by atoms with van der Waals surface area (Å²) in [4.78, 5) is 17.0. The van der Waals surface area contributed by atoms with Gasteiger partial charge in [0.2, 0.25) is 0 Å². The van der Waals surface area contributed by atoms with Crippen molar-refractivity contribution in [2.45, 2.75) is 26.3 Å². The van der Waals surface area contributed by atoms with Crippen molar-refractivity contribution in [3.63, 3.8) is 0 Å². The first kappa shape index (κ1) is 18.7. The molecule has 1 N–H and O–H groups in total. The van der Waals surface area contributed by atoms with E-state index >= 15 is 0 Å². The highest BCUT2D eigenvalue weighted by Crippen LogP contribution is 2.23. The Bertz CT molecular complexity index is 936. The molecule has 0 saturated carbocycles. The lowest BCUT2D eigenvalue weighted by atomic mass is 10.1. The Balaban J connectivity index is 1.78. The maximum absolute atomic E-state index is 12.5. The molecule has 4 nitrogen and oxygen atoms in total. The number of hydrogen-bond donors (Lipinski definition) is 1. The van der Waals surface area contributed by atoms with Crippen molar-refractivity contribution in [3.05, 3.63) is 81.3 Å². The predicted octanol–water partition coefficient (Wildman–Crippen LogP) is 5.72. The second kappa shape index (κ2) is 8.06. The summed E-state index contributed by atoms with van der Waals surface area (Å²) in [6.45, 7) is 4.95. The maximum atomic E-state index is 12.5. The Morgan fingerprint density at radius 1 is 1.27 bits per heavy atom. The predicted molar refractivity (Wildman–Crippen MR) is 109 cm³/mol. The molecule has 3 aromatic rings. The van der Waals surface area contributed by atoms with Gasteiger partial charge in [-0.15, -0.1) is 0 Å². The van der Waals surface area contributed by atoms with Crippen LogP contribution in [0.1, 0.15) is 41.5 Å². The van der Waals surface area contributed by atoms with Crippen LogP contribution in [-0.4, -0.2) is 15.5 Å². The van der Waals surface area contributed by atoms with Crippen molar-refractivity contribution >= 4 is 39.1 Å². The highest BCUT2D eigenvalue weighted by molar-refractivity contribution is 9.10. The van der Waals surface area contributed by atoms with Crippen molar-refractivity contribution in [2.24, 2.45) is 0 Å². The van der Waals surface area contributed by atoms with Gasteiger partial charge in [-0.2, -0.15) is 0 Å². The molecule has 1 aromatic heterocycles. The summed E-state index contributed by atoms with van der Waals surface area (Å²) in [6, 6.07) is 13.0. The zero-order chi connectivity index (χ0) is 18.7. The fourth-order valence-electron chi connectivity index (χ4n) is 2.77. The molecule has 134 valence electrons. The lowest BCUT2D eigenvalue weighted by Gasteiger charge is -2.12. The van der Waals surface area contributed by atoms with Crippen LogP contribution in [0.2, 0.25) is 5.02 Å². The Kier molecular flexibility index (Phi) is 5.79. The van der Waals surface area contributed by atoms with Crippen molar-refractivity contribution < 1.29 is 4.79 Å². The molecule has 0 spiro atoms. The number of carbonyl (C=O) groups is 1. The van der Waals surface area contributed by atoms with E-state index in [0.29, 0.717) is 27.5 Å². The largest absolute Gasteiger partial charge is 0.330 e. The zero-order valence-electron chi connectivity index (χ0n) is 14.5. The van der Waals surface area contributed by atoms with Crippen molar-refractivity contribution in [3.8, 4) is 0 Å². The number of amides is 1. The van der Waals surface area contributed by atoms with Crippen molar-refractivity contribution in [1.29, 1.82) is 0 Å². The maximum Gasteiger partial charge on any atom is 0.256 e. The van der Waals surface area contributed by atoms with Gasteiger partial charge in [-0.05, 0) is 51.8 Å². The van der Waals surface area contributed by atoms with Crippen LogP contribution in [0.15, 0.2) is 59.3 Å². The molecule has 1 amide bonds. The molecule has 0 radical (unpaired) electrons. The summed E-state index contributed by atoms with van der Waals surface area (Å²) >= 11 is 9.39. The molecular weight excluding hydrogens is 414 g/mol. The molecule has 6 heteroatoms. The van der Waals surface area contributed by atoms with E-state index in [2.05, 4.69) is 44.6 Å². The van der Waals surface area contributed by atoms with Crippen LogP contribution >= 0.6 is 27.5 Å². The monoisotopic (exact) mass is 431 g/mol. The van der Waals surface area contributed by atoms with E-state index in [1.165, 1.54) is 0 Å². The smallest absolute Gasteiger partial charge is 0.256 e. The van der Waals surface area contributed by atoms with E-state index in [0.717, 1.165) is 17.1 Å². The molecular formula is C20H19BrClN3O. The van der Waals surface area contributed by atoms with Gasteiger partial charge >= 0.3 is 0 Å². The van der Waals surface area contributed by atoms with Crippen LogP contribution in [0, 0.1) is 0 Å². The number of benzene rings is 2. The van der Waals surface area contributed by atoms with Crippen molar-refractivity contribution in [2.75, 3.05) is 5.32 Å². The molecule has 2 aromatic carbocycles. The molecule has 0 saturated heterocycles. The number of hydrogen-bond acceptors (Lipinski definition) is 2. The highest BCUT2D eigenvalue weighted by atomic mass is 79.9. The van der Waals surface area contributed by atoms with E-state index in [9.17, 15) is 4.79 Å². The molecule has 0 unspecified atom stereocenters. The molecule has 3 rings (SSSR count). The average Bonchev–Trinajstić information content (AvgIpc) is 3.05. The Hall–Kier alpha value is -2.11. The Labute approximate surface area is 166 Å². The number of carbonyl (C=O) groups excluding carboxylic acids is 1. The number of aromatic nitrogens is 2. The van der Waals surface area contributed by atoms with Gasteiger partial charge < -0.3 is 9.88 Å². The first-order valence-corrected chi connectivity index (χ1v) is 9.47. The summed E-state index contributed by atoms with van der Waals surface area (Å²) in [5.41, 5.74) is 2.33. The van der Waals surface area contributed by atoms with Crippen LogP contribution < -0.4 is 5.32 Å². The molecule has 1 heterocycles. The van der Waals surface area contributed by atoms with E-state index in [-0.39, 0.29) is 5.91 Å². The average molecular weight is 433 g/mol. The third-order valence-electron chi connectivity index (χ3n) is 3.97. The Morgan fingerprint density at radius 3 is 2.85 bits per heavy atom. The number of rotatable bonds is 5. The second-order valence-corrected chi connectivity index (χ2v) is 7.64. The molecule has 0 fully saturated rings. The van der Waals surface area contributed by atoms with E-state index in [4.69, 9.17) is 11.6 Å². The van der Waals surface area contributed by atoms with Crippen LogP contribution in [0.5, 0.6) is 0 Å². The molecule has 26 heavy (non-hydrogen) atoms. The highest BCUT2D eigenvalue weighted by Gasteiger charge is 2.12. The Morgan fingerprint density at radius 2 is 2.08 bits per heavy atom. The second-order valence-electron chi connectivity index (χ2n) is 6.35. The minimum absolute atomic E-state index is 0.206. The first-order valence-electron chi connectivity index (χ1n) is 8.30. The van der Waals surface area contributed by atoms with Gasteiger partial charge in [-0.3, -0.25) is 4.79 Å². The van der Waals surface area contributed by atoms with Gasteiger partial charge in [0, 0.05) is 40.0 Å². The third-order valence-corrected chi connectivity index (χ3v) is 4.90. The summed E-state index contributed by atoms with van der Waals surface area (Å²) in [6.07, 6.45) is 3.79. The molecule has 0 bridgehead atoms. The number of imidazole rings is 1. The fraction of sp³-hybridized carbons (Fsp3) is 0.200. The summed E-state index contributed by atoms with van der Waals surface area (Å²) < 4.78 is 2.83. The SMILES string of the molecule is CC(C)c1nccn1Cc1cccc(NC(=O)c2cc(Cl)ccc2Br)c1. The van der Waals surface area contributed by atoms with Crippen LogP contribution in [0.3, 0.4) is 0 Å². The quantitative estimate of drug-likeness (QED) is 0.560. The van der Waals surface area contributed by atoms with Gasteiger partial charge in [-0.25, -0.2) is 4.98 Å². The number of anilines is 1. The normalized spacial score (nSPS) is 11.0.